The second kappa shape index (κ2) is 11.4. The number of aryl methyl sites for hydroxylation is 2. The lowest BCUT2D eigenvalue weighted by Gasteiger charge is -2.30. The fourth-order valence-electron chi connectivity index (χ4n) is 5.52. The van der Waals surface area contributed by atoms with Crippen LogP contribution in [0.3, 0.4) is 0 Å². The standard InChI is InChI=1S/C30H28F3N7O3S/c1-17-6-8-21(9-7-17)44(42,43)40-15-23(22-10-18(31)11-24(32)27(22)40)28-35-13-25(33)29(38-28)36-19-4-3-5-20(12-19)37-30(41)26-14-34-16-39(26)2/h6-11,13-16,19-20H,3-5,12H2,1-2H3,(H,37,41)(H,35,36,38)/t19-,20+/m0/s1. The molecule has 1 saturated carbocycles. The lowest BCUT2D eigenvalue weighted by molar-refractivity contribution is 0.0918. The van der Waals surface area contributed by atoms with Crippen molar-refractivity contribution in [1.29, 1.82) is 0 Å². The smallest absolute Gasteiger partial charge is 0.269 e. The normalized spacial score (nSPS) is 17.1. The molecule has 2 aromatic carbocycles. The van der Waals surface area contributed by atoms with Crippen molar-refractivity contribution in [3.63, 3.8) is 0 Å². The number of hydrogen-bond donors (Lipinski definition) is 2. The Bertz CT molecular complexity index is 1990. The number of aromatic nitrogens is 5. The van der Waals surface area contributed by atoms with Crippen molar-refractivity contribution in [1.82, 2.24) is 28.8 Å². The van der Waals surface area contributed by atoms with Gasteiger partial charge >= 0.3 is 0 Å². The van der Waals surface area contributed by atoms with Crippen LogP contribution in [0.4, 0.5) is 19.0 Å². The average Bonchev–Trinajstić information content (AvgIpc) is 3.59. The van der Waals surface area contributed by atoms with Gasteiger partial charge < -0.3 is 15.2 Å². The number of carbonyl (C=O) groups excluding carboxylic acids is 1. The molecule has 0 spiro atoms. The van der Waals surface area contributed by atoms with E-state index < -0.39 is 27.5 Å². The highest BCUT2D eigenvalue weighted by Crippen LogP contribution is 2.35. The molecule has 0 bridgehead atoms. The van der Waals surface area contributed by atoms with Crippen LogP contribution in [0.15, 0.2) is 66.2 Å². The Labute approximate surface area is 251 Å². The second-order valence-electron chi connectivity index (χ2n) is 10.9. The summed E-state index contributed by atoms with van der Waals surface area (Å²) in [7, 11) is -2.59. The van der Waals surface area contributed by atoms with Crippen molar-refractivity contribution < 1.29 is 26.4 Å². The van der Waals surface area contributed by atoms with E-state index in [9.17, 15) is 22.0 Å². The van der Waals surface area contributed by atoms with E-state index in [2.05, 4.69) is 25.6 Å². The number of anilines is 1. The molecule has 1 amide bonds. The summed E-state index contributed by atoms with van der Waals surface area (Å²) in [6, 6.07) is 7.16. The van der Waals surface area contributed by atoms with Gasteiger partial charge in [-0.1, -0.05) is 17.7 Å². The predicted molar refractivity (Wildman–Crippen MR) is 157 cm³/mol. The summed E-state index contributed by atoms with van der Waals surface area (Å²) in [5, 5.41) is 5.98. The van der Waals surface area contributed by atoms with Gasteiger partial charge in [-0.15, -0.1) is 0 Å². The molecule has 2 N–H and O–H groups in total. The van der Waals surface area contributed by atoms with Gasteiger partial charge in [0.25, 0.3) is 15.9 Å². The van der Waals surface area contributed by atoms with Crippen LogP contribution in [0.1, 0.15) is 41.7 Å². The maximum absolute atomic E-state index is 15.2. The highest BCUT2D eigenvalue weighted by atomic mass is 32.2. The van der Waals surface area contributed by atoms with Crippen LogP contribution in [-0.2, 0) is 17.1 Å². The first-order valence-electron chi connectivity index (χ1n) is 13.9. The van der Waals surface area contributed by atoms with E-state index in [-0.39, 0.29) is 51.0 Å². The molecule has 0 unspecified atom stereocenters. The average molecular weight is 624 g/mol. The SMILES string of the molecule is Cc1ccc(S(=O)(=O)n2cc(-c3ncc(F)c(N[C@H]4CCC[C@@H](NC(=O)c5cncn5C)C4)n3)c3cc(F)cc(F)c32)cc1. The molecule has 2 atom stereocenters. The summed E-state index contributed by atoms with van der Waals surface area (Å²) in [6.45, 7) is 1.80. The summed E-state index contributed by atoms with van der Waals surface area (Å²) in [5.41, 5.74) is 0.865. The summed E-state index contributed by atoms with van der Waals surface area (Å²) < 4.78 is 74.1. The van der Waals surface area contributed by atoms with Crippen molar-refractivity contribution in [2.75, 3.05) is 5.32 Å². The monoisotopic (exact) mass is 623 g/mol. The lowest BCUT2D eigenvalue weighted by atomic mass is 9.91. The molecule has 3 heterocycles. The number of rotatable bonds is 7. The molecule has 3 aromatic heterocycles. The Hall–Kier alpha value is -4.72. The zero-order valence-electron chi connectivity index (χ0n) is 23.8. The van der Waals surface area contributed by atoms with Gasteiger partial charge in [0.05, 0.1) is 23.6 Å². The largest absolute Gasteiger partial charge is 0.365 e. The molecular formula is C30H28F3N7O3S. The predicted octanol–water partition coefficient (Wildman–Crippen LogP) is 4.95. The molecule has 1 fully saturated rings. The van der Waals surface area contributed by atoms with Crippen LogP contribution in [-0.4, -0.2) is 49.9 Å². The van der Waals surface area contributed by atoms with Crippen LogP contribution < -0.4 is 10.6 Å². The van der Waals surface area contributed by atoms with Crippen molar-refractivity contribution in [2.24, 2.45) is 7.05 Å². The number of amides is 1. The molecule has 1 aliphatic rings. The van der Waals surface area contributed by atoms with E-state index in [1.165, 1.54) is 24.7 Å². The van der Waals surface area contributed by atoms with Crippen LogP contribution in [0, 0.1) is 24.4 Å². The van der Waals surface area contributed by atoms with Crippen LogP contribution in [0.2, 0.25) is 0 Å². The Morgan fingerprint density at radius 3 is 2.50 bits per heavy atom. The third-order valence-electron chi connectivity index (χ3n) is 7.75. The number of nitrogens with zero attached hydrogens (tertiary/aromatic N) is 5. The topological polar surface area (TPSA) is 124 Å². The molecule has 1 aliphatic carbocycles. The quantitative estimate of drug-likeness (QED) is 0.263. The number of benzene rings is 2. The van der Waals surface area contributed by atoms with Gasteiger partial charge in [-0.2, -0.15) is 0 Å². The Morgan fingerprint density at radius 2 is 1.77 bits per heavy atom. The second-order valence-corrected chi connectivity index (χ2v) is 12.7. The van der Waals surface area contributed by atoms with Gasteiger partial charge in [0.15, 0.2) is 23.3 Å². The fourth-order valence-corrected chi connectivity index (χ4v) is 6.89. The maximum atomic E-state index is 15.2. The zero-order chi connectivity index (χ0) is 31.2. The van der Waals surface area contributed by atoms with Gasteiger partial charge in [-0.05, 0) is 50.8 Å². The van der Waals surface area contributed by atoms with E-state index in [1.807, 2.05) is 0 Å². The number of imidazole rings is 1. The molecule has 14 heteroatoms. The minimum Gasteiger partial charge on any atom is -0.365 e. The number of carbonyl (C=O) groups is 1. The van der Waals surface area contributed by atoms with E-state index in [0.29, 0.717) is 24.6 Å². The molecule has 228 valence electrons. The molecule has 5 aromatic rings. The molecule has 0 aliphatic heterocycles. The Balaban J connectivity index is 1.32. The van der Waals surface area contributed by atoms with Crippen LogP contribution >= 0.6 is 0 Å². The van der Waals surface area contributed by atoms with E-state index >= 15 is 4.39 Å². The van der Waals surface area contributed by atoms with Crippen molar-refractivity contribution in [2.45, 2.75) is 49.6 Å². The highest BCUT2D eigenvalue weighted by Gasteiger charge is 2.28. The number of nitrogens with one attached hydrogen (secondary N) is 2. The maximum Gasteiger partial charge on any atom is 0.269 e. The molecule has 6 rings (SSSR count). The van der Waals surface area contributed by atoms with E-state index in [1.54, 1.807) is 30.7 Å². The lowest BCUT2D eigenvalue weighted by Crippen LogP contribution is -2.42. The molecular weight excluding hydrogens is 595 g/mol. The van der Waals surface area contributed by atoms with E-state index in [0.717, 1.165) is 40.8 Å². The first-order valence-corrected chi connectivity index (χ1v) is 15.3. The first-order chi connectivity index (χ1) is 21.0. The highest BCUT2D eigenvalue weighted by molar-refractivity contribution is 7.90. The van der Waals surface area contributed by atoms with Crippen LogP contribution in [0.25, 0.3) is 22.3 Å². The Morgan fingerprint density at radius 1 is 1.02 bits per heavy atom. The number of fused-ring (bicyclic) bond motifs is 1. The Kier molecular flexibility index (Phi) is 7.61. The first kappa shape index (κ1) is 29.4. The molecule has 0 radical (unpaired) electrons. The third kappa shape index (κ3) is 5.52. The van der Waals surface area contributed by atoms with Gasteiger partial charge in [-0.3, -0.25) is 4.79 Å². The number of halogens is 3. The minimum absolute atomic E-state index is 0.00194. The zero-order valence-corrected chi connectivity index (χ0v) is 24.6. The molecule has 44 heavy (non-hydrogen) atoms. The van der Waals surface area contributed by atoms with Crippen molar-refractivity contribution in [3.05, 3.63) is 90.0 Å². The van der Waals surface area contributed by atoms with Gasteiger partial charge in [0, 0.05) is 42.3 Å². The summed E-state index contributed by atoms with van der Waals surface area (Å²) in [6.07, 6.45) is 7.72. The van der Waals surface area contributed by atoms with Gasteiger partial charge in [-0.25, -0.2) is 40.5 Å². The van der Waals surface area contributed by atoms with E-state index in [4.69, 9.17) is 0 Å². The summed E-state index contributed by atoms with van der Waals surface area (Å²) >= 11 is 0. The summed E-state index contributed by atoms with van der Waals surface area (Å²) in [5.74, 6) is -3.32. The van der Waals surface area contributed by atoms with Gasteiger partial charge in [0.1, 0.15) is 17.0 Å². The molecule has 10 nitrogen and oxygen atoms in total. The van der Waals surface area contributed by atoms with Gasteiger partial charge in [0.2, 0.25) is 0 Å². The third-order valence-corrected chi connectivity index (χ3v) is 9.42. The molecule has 0 saturated heterocycles. The van der Waals surface area contributed by atoms with Crippen LogP contribution in [0.5, 0.6) is 0 Å². The minimum atomic E-state index is -4.31. The van der Waals surface area contributed by atoms with Crippen molar-refractivity contribution in [3.8, 4) is 11.4 Å². The number of hydrogen-bond acceptors (Lipinski definition) is 7. The van der Waals surface area contributed by atoms with Crippen molar-refractivity contribution >= 4 is 32.7 Å². The summed E-state index contributed by atoms with van der Waals surface area (Å²) in [4.78, 5) is 24.9. The fraction of sp³-hybridized carbons (Fsp3) is 0.267.